The SMILES string of the molecule is COC(=O)c1cc(-c2cccc(OC)c2)n(Cc2ccccc2OC(C)C)n1. The number of esters is 1. The van der Waals surface area contributed by atoms with Crippen molar-refractivity contribution in [3.8, 4) is 22.8 Å². The van der Waals surface area contributed by atoms with Crippen molar-refractivity contribution in [3.63, 3.8) is 0 Å². The summed E-state index contributed by atoms with van der Waals surface area (Å²) in [7, 11) is 2.97. The number of benzene rings is 2. The molecule has 0 bridgehead atoms. The van der Waals surface area contributed by atoms with E-state index in [1.165, 1.54) is 7.11 Å². The van der Waals surface area contributed by atoms with E-state index in [-0.39, 0.29) is 11.8 Å². The summed E-state index contributed by atoms with van der Waals surface area (Å²) in [5.74, 6) is 1.05. The van der Waals surface area contributed by atoms with E-state index >= 15 is 0 Å². The Labute approximate surface area is 164 Å². The second-order valence-corrected chi connectivity index (χ2v) is 6.57. The second kappa shape index (κ2) is 8.61. The lowest BCUT2D eigenvalue weighted by Crippen LogP contribution is -2.11. The van der Waals surface area contributed by atoms with Gasteiger partial charge in [-0.05, 0) is 38.1 Å². The Balaban J connectivity index is 2.05. The number of aromatic nitrogens is 2. The molecule has 2 aromatic carbocycles. The standard InChI is InChI=1S/C22H24N2O4/c1-15(2)28-21-11-6-5-8-17(21)14-24-20(13-19(23-24)22(25)27-4)16-9-7-10-18(12-16)26-3/h5-13,15H,14H2,1-4H3. The van der Waals surface area contributed by atoms with Gasteiger partial charge in [0.25, 0.3) is 0 Å². The zero-order valence-electron chi connectivity index (χ0n) is 16.5. The number of carbonyl (C=O) groups is 1. The van der Waals surface area contributed by atoms with E-state index in [0.717, 1.165) is 28.3 Å². The molecule has 0 spiro atoms. The van der Waals surface area contributed by atoms with Crippen LogP contribution in [-0.4, -0.2) is 36.1 Å². The van der Waals surface area contributed by atoms with Gasteiger partial charge in [-0.3, -0.25) is 4.68 Å². The molecule has 0 amide bonds. The average Bonchev–Trinajstić information content (AvgIpc) is 3.12. The van der Waals surface area contributed by atoms with E-state index in [9.17, 15) is 4.79 Å². The van der Waals surface area contributed by atoms with E-state index in [1.54, 1.807) is 17.9 Å². The number of para-hydroxylation sites is 1. The van der Waals surface area contributed by atoms with Crippen LogP contribution in [0.25, 0.3) is 11.3 Å². The predicted octanol–water partition coefficient (Wildman–Crippen LogP) is 4.18. The van der Waals surface area contributed by atoms with E-state index < -0.39 is 5.97 Å². The van der Waals surface area contributed by atoms with Gasteiger partial charge in [-0.1, -0.05) is 30.3 Å². The highest BCUT2D eigenvalue weighted by Gasteiger charge is 2.18. The molecule has 3 aromatic rings. The first-order valence-corrected chi connectivity index (χ1v) is 9.07. The highest BCUT2D eigenvalue weighted by atomic mass is 16.5. The van der Waals surface area contributed by atoms with Crippen molar-refractivity contribution in [1.82, 2.24) is 9.78 Å². The lowest BCUT2D eigenvalue weighted by atomic mass is 10.1. The molecule has 0 atom stereocenters. The van der Waals surface area contributed by atoms with Crippen LogP contribution < -0.4 is 9.47 Å². The minimum absolute atomic E-state index is 0.0576. The third-order valence-corrected chi connectivity index (χ3v) is 4.20. The Kier molecular flexibility index (Phi) is 5.99. The fourth-order valence-electron chi connectivity index (χ4n) is 2.92. The molecule has 0 aliphatic rings. The molecule has 0 radical (unpaired) electrons. The number of nitrogens with zero attached hydrogens (tertiary/aromatic N) is 2. The van der Waals surface area contributed by atoms with Gasteiger partial charge in [-0.25, -0.2) is 4.79 Å². The monoisotopic (exact) mass is 380 g/mol. The third kappa shape index (κ3) is 4.34. The lowest BCUT2D eigenvalue weighted by molar-refractivity contribution is 0.0593. The second-order valence-electron chi connectivity index (χ2n) is 6.57. The largest absolute Gasteiger partial charge is 0.497 e. The fourth-order valence-corrected chi connectivity index (χ4v) is 2.92. The van der Waals surface area contributed by atoms with Crippen molar-refractivity contribution in [3.05, 3.63) is 65.9 Å². The first-order chi connectivity index (χ1) is 13.5. The molecular formula is C22H24N2O4. The van der Waals surface area contributed by atoms with Crippen molar-refractivity contribution in [2.24, 2.45) is 0 Å². The maximum Gasteiger partial charge on any atom is 0.358 e. The maximum absolute atomic E-state index is 12.1. The quantitative estimate of drug-likeness (QED) is 0.576. The minimum atomic E-state index is -0.477. The molecule has 3 rings (SSSR count). The Morgan fingerprint density at radius 3 is 2.57 bits per heavy atom. The molecule has 0 saturated heterocycles. The topological polar surface area (TPSA) is 62.6 Å². The molecule has 6 nitrogen and oxygen atoms in total. The molecule has 0 aliphatic carbocycles. The molecule has 0 aliphatic heterocycles. The Bertz CT molecular complexity index is 963. The van der Waals surface area contributed by atoms with Gasteiger partial charge in [-0.2, -0.15) is 5.10 Å². The first-order valence-electron chi connectivity index (χ1n) is 9.07. The van der Waals surface area contributed by atoms with Crippen LogP contribution in [0.3, 0.4) is 0 Å². The van der Waals surface area contributed by atoms with Gasteiger partial charge >= 0.3 is 5.97 Å². The molecule has 0 unspecified atom stereocenters. The van der Waals surface area contributed by atoms with Crippen molar-refractivity contribution in [1.29, 1.82) is 0 Å². The average molecular weight is 380 g/mol. The summed E-state index contributed by atoms with van der Waals surface area (Å²) in [5, 5.41) is 4.47. The Morgan fingerprint density at radius 2 is 1.86 bits per heavy atom. The van der Waals surface area contributed by atoms with E-state index in [1.807, 2.05) is 62.4 Å². The molecular weight excluding hydrogens is 356 g/mol. The summed E-state index contributed by atoms with van der Waals surface area (Å²) in [6.45, 7) is 4.43. The normalized spacial score (nSPS) is 10.8. The summed E-state index contributed by atoms with van der Waals surface area (Å²) in [6.07, 6.45) is 0.0576. The van der Waals surface area contributed by atoms with E-state index in [0.29, 0.717) is 6.54 Å². The van der Waals surface area contributed by atoms with Crippen LogP contribution in [0.4, 0.5) is 0 Å². The molecule has 0 N–H and O–H groups in total. The summed E-state index contributed by atoms with van der Waals surface area (Å²) >= 11 is 0. The highest BCUT2D eigenvalue weighted by Crippen LogP contribution is 2.27. The van der Waals surface area contributed by atoms with Crippen molar-refractivity contribution in [2.45, 2.75) is 26.5 Å². The van der Waals surface area contributed by atoms with Crippen LogP contribution in [-0.2, 0) is 11.3 Å². The Morgan fingerprint density at radius 1 is 1.07 bits per heavy atom. The number of hydrogen-bond acceptors (Lipinski definition) is 5. The Hall–Kier alpha value is -3.28. The smallest absolute Gasteiger partial charge is 0.358 e. The zero-order chi connectivity index (χ0) is 20.1. The molecule has 146 valence electrons. The summed E-state index contributed by atoms with van der Waals surface area (Å²) < 4.78 is 17.9. The number of rotatable bonds is 7. The van der Waals surface area contributed by atoms with Crippen LogP contribution in [0.15, 0.2) is 54.6 Å². The number of carbonyl (C=O) groups excluding carboxylic acids is 1. The summed E-state index contributed by atoms with van der Waals surface area (Å²) in [4.78, 5) is 12.1. The molecule has 0 saturated carbocycles. The van der Waals surface area contributed by atoms with Crippen LogP contribution in [0.1, 0.15) is 29.9 Å². The van der Waals surface area contributed by atoms with Crippen LogP contribution in [0, 0.1) is 0 Å². The van der Waals surface area contributed by atoms with Gasteiger partial charge in [0.2, 0.25) is 0 Å². The number of hydrogen-bond donors (Lipinski definition) is 0. The van der Waals surface area contributed by atoms with Crippen molar-refractivity contribution < 1.29 is 19.0 Å². The van der Waals surface area contributed by atoms with Gasteiger partial charge in [0.05, 0.1) is 32.6 Å². The summed E-state index contributed by atoms with van der Waals surface area (Å²) in [6, 6.07) is 17.2. The maximum atomic E-state index is 12.1. The molecule has 28 heavy (non-hydrogen) atoms. The molecule has 0 fully saturated rings. The lowest BCUT2D eigenvalue weighted by Gasteiger charge is -2.15. The first kappa shape index (κ1) is 19.5. The third-order valence-electron chi connectivity index (χ3n) is 4.20. The van der Waals surface area contributed by atoms with Crippen LogP contribution >= 0.6 is 0 Å². The van der Waals surface area contributed by atoms with Gasteiger partial charge < -0.3 is 14.2 Å². The zero-order valence-corrected chi connectivity index (χ0v) is 16.5. The van der Waals surface area contributed by atoms with Crippen molar-refractivity contribution >= 4 is 5.97 Å². The van der Waals surface area contributed by atoms with Crippen LogP contribution in [0.2, 0.25) is 0 Å². The van der Waals surface area contributed by atoms with Gasteiger partial charge in [-0.15, -0.1) is 0 Å². The number of ether oxygens (including phenoxy) is 3. The molecule has 1 aromatic heterocycles. The van der Waals surface area contributed by atoms with Gasteiger partial charge in [0.1, 0.15) is 11.5 Å². The van der Waals surface area contributed by atoms with Gasteiger partial charge in [0, 0.05) is 11.1 Å². The highest BCUT2D eigenvalue weighted by molar-refractivity contribution is 5.88. The molecule has 1 heterocycles. The van der Waals surface area contributed by atoms with Crippen molar-refractivity contribution in [2.75, 3.05) is 14.2 Å². The minimum Gasteiger partial charge on any atom is -0.497 e. The fraction of sp³-hybridized carbons (Fsp3) is 0.273. The summed E-state index contributed by atoms with van der Waals surface area (Å²) in [5.41, 5.74) is 2.91. The van der Waals surface area contributed by atoms with Crippen LogP contribution in [0.5, 0.6) is 11.5 Å². The van der Waals surface area contributed by atoms with E-state index in [2.05, 4.69) is 5.10 Å². The van der Waals surface area contributed by atoms with E-state index in [4.69, 9.17) is 14.2 Å². The predicted molar refractivity (Wildman–Crippen MR) is 107 cm³/mol. The number of methoxy groups -OCH3 is 2. The van der Waals surface area contributed by atoms with Gasteiger partial charge in [0.15, 0.2) is 5.69 Å². The molecule has 6 heteroatoms.